The van der Waals surface area contributed by atoms with E-state index in [1.54, 1.807) is 6.07 Å². The predicted octanol–water partition coefficient (Wildman–Crippen LogP) is 5.01. The maximum absolute atomic E-state index is 14.0. The maximum Gasteiger partial charge on any atom is 0.176 e. The van der Waals surface area contributed by atoms with Crippen LogP contribution in [-0.2, 0) is 4.74 Å². The Labute approximate surface area is 164 Å². The number of benzene rings is 1. The van der Waals surface area contributed by atoms with Gasteiger partial charge in [-0.2, -0.15) is 5.26 Å². The Kier molecular flexibility index (Phi) is 5.26. The minimum atomic E-state index is -0.650. The summed E-state index contributed by atoms with van der Waals surface area (Å²) in [6.07, 6.45) is 1.07. The van der Waals surface area contributed by atoms with Crippen LogP contribution < -0.4 is 0 Å². The molecule has 4 nitrogen and oxygen atoms in total. The van der Waals surface area contributed by atoms with E-state index in [2.05, 4.69) is 30.7 Å². The molecule has 2 atom stereocenters. The van der Waals surface area contributed by atoms with Crippen LogP contribution in [0.15, 0.2) is 36.5 Å². The third kappa shape index (κ3) is 3.65. The summed E-state index contributed by atoms with van der Waals surface area (Å²) in [6, 6.07) is 10.0. The summed E-state index contributed by atoms with van der Waals surface area (Å²) in [4.78, 5) is 5.92. The number of rotatable bonds is 3. The van der Waals surface area contributed by atoms with Gasteiger partial charge in [0.15, 0.2) is 11.5 Å². The van der Waals surface area contributed by atoms with E-state index in [9.17, 15) is 8.78 Å². The number of alkyl halides is 1. The molecule has 1 aliphatic heterocycles. The Balaban J connectivity index is 1.91. The van der Waals surface area contributed by atoms with Crippen LogP contribution in [0.4, 0.5) is 8.78 Å². The topological polar surface area (TPSA) is 49.2 Å². The second kappa shape index (κ2) is 7.23. The number of halogens is 2. The van der Waals surface area contributed by atoms with Crippen LogP contribution in [0.5, 0.6) is 0 Å². The van der Waals surface area contributed by atoms with E-state index in [0.717, 1.165) is 11.1 Å². The molecule has 0 unspecified atom stereocenters. The first-order chi connectivity index (χ1) is 13.1. The lowest BCUT2D eigenvalue weighted by Crippen LogP contribution is -2.55. The van der Waals surface area contributed by atoms with Crippen LogP contribution in [0.3, 0.4) is 0 Å². The molecule has 1 aromatic carbocycles. The quantitative estimate of drug-likeness (QED) is 0.746. The fraction of sp³-hybridized carbons (Fsp3) is 0.455. The highest BCUT2D eigenvalue weighted by molar-refractivity contribution is 5.63. The monoisotopic (exact) mass is 385 g/mol. The average Bonchev–Trinajstić information content (AvgIpc) is 2.92. The normalized spacial score (nSPS) is 22.2. The number of aromatic nitrogens is 1. The zero-order chi connectivity index (χ0) is 20.7. The lowest BCUT2D eigenvalue weighted by molar-refractivity contribution is -0.106. The number of hydrogen-bond acceptors (Lipinski definition) is 4. The summed E-state index contributed by atoms with van der Waals surface area (Å²) >= 11 is 0. The van der Waals surface area contributed by atoms with Gasteiger partial charge in [-0.25, -0.2) is 13.8 Å². The molecular weight excluding hydrogens is 360 g/mol. The summed E-state index contributed by atoms with van der Waals surface area (Å²) in [5, 5.41) is 8.81. The molecule has 1 saturated heterocycles. The first kappa shape index (κ1) is 20.4. The molecule has 1 fully saturated rings. The molecule has 0 spiro atoms. The third-order valence-corrected chi connectivity index (χ3v) is 5.08. The first-order valence-corrected chi connectivity index (χ1v) is 9.27. The van der Waals surface area contributed by atoms with Gasteiger partial charge >= 0.3 is 0 Å². The molecule has 3 rings (SSSR count). The standard InChI is InChI=1S/C22H25F2N3O/c1-21(2,3)27-19(11-23)20(28-22(27,4)5)15-8-6-14(7-9-15)16-10-17(24)18(12-25)26-13-16/h6-10,13,19-20H,11H2,1-5H3/t19-,20-/m1/s1. The van der Waals surface area contributed by atoms with Gasteiger partial charge in [-0.3, -0.25) is 4.90 Å². The van der Waals surface area contributed by atoms with Gasteiger partial charge in [0.05, 0.1) is 6.04 Å². The van der Waals surface area contributed by atoms with E-state index in [-0.39, 0.29) is 11.2 Å². The van der Waals surface area contributed by atoms with Gasteiger partial charge in [-0.05, 0) is 51.8 Å². The molecule has 0 bridgehead atoms. The van der Waals surface area contributed by atoms with Crippen LogP contribution in [0, 0.1) is 17.1 Å². The van der Waals surface area contributed by atoms with Crippen molar-refractivity contribution in [1.29, 1.82) is 5.26 Å². The van der Waals surface area contributed by atoms with Crippen molar-refractivity contribution in [1.82, 2.24) is 9.88 Å². The number of nitriles is 1. The molecule has 0 radical (unpaired) electrons. The lowest BCUT2D eigenvalue weighted by Gasteiger charge is -2.43. The van der Waals surface area contributed by atoms with Crippen molar-refractivity contribution in [3.8, 4) is 17.2 Å². The van der Waals surface area contributed by atoms with Crippen molar-refractivity contribution in [2.75, 3.05) is 6.67 Å². The van der Waals surface area contributed by atoms with Gasteiger partial charge in [0, 0.05) is 17.3 Å². The number of ether oxygens (including phenoxy) is 1. The van der Waals surface area contributed by atoms with Gasteiger partial charge in [0.2, 0.25) is 0 Å². The Bertz CT molecular complexity index is 897. The number of nitrogens with zero attached hydrogens (tertiary/aromatic N) is 3. The van der Waals surface area contributed by atoms with Gasteiger partial charge in [-0.1, -0.05) is 24.3 Å². The Hall–Kier alpha value is -2.36. The highest BCUT2D eigenvalue weighted by atomic mass is 19.1. The zero-order valence-corrected chi connectivity index (χ0v) is 16.8. The molecule has 1 aromatic heterocycles. The van der Waals surface area contributed by atoms with Crippen molar-refractivity contribution in [3.05, 3.63) is 53.6 Å². The molecule has 6 heteroatoms. The van der Waals surface area contributed by atoms with Crippen molar-refractivity contribution in [3.63, 3.8) is 0 Å². The van der Waals surface area contributed by atoms with Gasteiger partial charge in [0.25, 0.3) is 0 Å². The predicted molar refractivity (Wildman–Crippen MR) is 104 cm³/mol. The SMILES string of the molecule is CC(C)(C)N1[C@H](CF)[C@@H](c2ccc(-c3cnc(C#N)c(F)c3)cc2)OC1(C)C. The first-order valence-electron chi connectivity index (χ1n) is 9.27. The highest BCUT2D eigenvalue weighted by Crippen LogP contribution is 2.45. The zero-order valence-electron chi connectivity index (χ0n) is 16.8. The highest BCUT2D eigenvalue weighted by Gasteiger charge is 2.51. The Morgan fingerprint density at radius 3 is 2.36 bits per heavy atom. The number of pyridine rings is 1. The molecule has 0 N–H and O–H groups in total. The molecule has 0 amide bonds. The largest absolute Gasteiger partial charge is 0.351 e. The lowest BCUT2D eigenvalue weighted by atomic mass is 9.95. The Morgan fingerprint density at radius 2 is 1.86 bits per heavy atom. The van der Waals surface area contributed by atoms with Crippen LogP contribution in [-0.4, -0.2) is 33.9 Å². The summed E-state index contributed by atoms with van der Waals surface area (Å²) in [7, 11) is 0. The molecule has 148 valence electrons. The van der Waals surface area contributed by atoms with Crippen molar-refractivity contribution in [2.24, 2.45) is 0 Å². The van der Waals surface area contributed by atoms with Crippen LogP contribution in [0.2, 0.25) is 0 Å². The molecular formula is C22H25F2N3O. The van der Waals surface area contributed by atoms with E-state index < -0.39 is 30.4 Å². The minimum absolute atomic E-state index is 0.227. The third-order valence-electron chi connectivity index (χ3n) is 5.08. The van der Waals surface area contributed by atoms with Crippen LogP contribution in [0.25, 0.3) is 11.1 Å². The summed E-state index contributed by atoms with van der Waals surface area (Å²) in [5.41, 5.74) is 1.14. The molecule has 1 aliphatic rings. The van der Waals surface area contributed by atoms with E-state index in [1.807, 2.05) is 38.1 Å². The summed E-state index contributed by atoms with van der Waals surface area (Å²) in [6.45, 7) is 9.56. The summed E-state index contributed by atoms with van der Waals surface area (Å²) < 4.78 is 34.1. The second-order valence-corrected chi connectivity index (χ2v) is 8.54. The maximum atomic E-state index is 14.0. The van der Waals surface area contributed by atoms with E-state index >= 15 is 0 Å². The molecule has 0 aliphatic carbocycles. The fourth-order valence-electron chi connectivity index (χ4n) is 4.27. The van der Waals surface area contributed by atoms with Crippen LogP contribution >= 0.6 is 0 Å². The van der Waals surface area contributed by atoms with E-state index in [4.69, 9.17) is 10.00 Å². The van der Waals surface area contributed by atoms with Crippen molar-refractivity contribution >= 4 is 0 Å². The molecule has 2 heterocycles. The smallest absolute Gasteiger partial charge is 0.176 e. The average molecular weight is 385 g/mol. The van der Waals surface area contributed by atoms with Gasteiger partial charge in [-0.15, -0.1) is 0 Å². The fourth-order valence-corrected chi connectivity index (χ4v) is 4.27. The van der Waals surface area contributed by atoms with Gasteiger partial charge < -0.3 is 4.74 Å². The molecule has 2 aromatic rings. The molecule has 28 heavy (non-hydrogen) atoms. The van der Waals surface area contributed by atoms with Crippen molar-refractivity contribution < 1.29 is 13.5 Å². The Morgan fingerprint density at radius 1 is 1.21 bits per heavy atom. The number of hydrogen-bond donors (Lipinski definition) is 0. The van der Waals surface area contributed by atoms with E-state index in [1.165, 1.54) is 12.3 Å². The van der Waals surface area contributed by atoms with E-state index in [0.29, 0.717) is 5.56 Å². The summed E-state index contributed by atoms with van der Waals surface area (Å²) in [5.74, 6) is -0.650. The van der Waals surface area contributed by atoms with Gasteiger partial charge in [0.1, 0.15) is 24.6 Å². The second-order valence-electron chi connectivity index (χ2n) is 8.54. The molecule has 0 saturated carbocycles. The minimum Gasteiger partial charge on any atom is -0.351 e. The van der Waals surface area contributed by atoms with Crippen molar-refractivity contribution in [2.45, 2.75) is 58.0 Å². The van der Waals surface area contributed by atoms with Crippen LogP contribution in [0.1, 0.15) is 52.0 Å².